The zero-order valence-corrected chi connectivity index (χ0v) is 30.5. The van der Waals surface area contributed by atoms with Crippen molar-refractivity contribution in [2.24, 2.45) is 0 Å². The summed E-state index contributed by atoms with van der Waals surface area (Å²) in [4.78, 5) is 15.8. The molecule has 11 aromatic rings. The van der Waals surface area contributed by atoms with E-state index in [0.717, 1.165) is 49.5 Å². The van der Waals surface area contributed by atoms with Gasteiger partial charge in [0.25, 0.3) is 0 Å². The molecule has 0 amide bonds. The van der Waals surface area contributed by atoms with Gasteiger partial charge in [0, 0.05) is 36.9 Å². The lowest BCUT2D eigenvalue weighted by atomic mass is 9.92. The van der Waals surface area contributed by atoms with Gasteiger partial charge in [0.15, 0.2) is 17.5 Å². The van der Waals surface area contributed by atoms with Crippen molar-refractivity contribution in [2.45, 2.75) is 0 Å². The van der Waals surface area contributed by atoms with Crippen LogP contribution in [0.1, 0.15) is 0 Å². The predicted molar refractivity (Wildman–Crippen MR) is 232 cm³/mol. The van der Waals surface area contributed by atoms with Crippen molar-refractivity contribution >= 4 is 63.8 Å². The first-order valence-corrected chi connectivity index (χ1v) is 19.3. The first-order chi connectivity index (χ1) is 27.2. The Bertz CT molecular complexity index is 3270. The number of fused-ring (bicyclic) bond motifs is 7. The van der Waals surface area contributed by atoms with E-state index in [1.807, 2.05) is 17.4 Å². The van der Waals surface area contributed by atoms with Gasteiger partial charge in [0.2, 0.25) is 0 Å². The maximum Gasteiger partial charge on any atom is 0.164 e. The van der Waals surface area contributed by atoms with Crippen LogP contribution < -0.4 is 0 Å². The molecule has 11 rings (SSSR count). The summed E-state index contributed by atoms with van der Waals surface area (Å²) in [5.74, 6) is 1.92. The minimum absolute atomic E-state index is 0.636. The van der Waals surface area contributed by atoms with Gasteiger partial charge in [0.05, 0.1) is 0 Å². The Morgan fingerprint density at radius 1 is 0.309 bits per heavy atom. The Morgan fingerprint density at radius 3 is 1.71 bits per heavy atom. The van der Waals surface area contributed by atoms with Gasteiger partial charge < -0.3 is 0 Å². The van der Waals surface area contributed by atoms with Crippen LogP contribution in [0.4, 0.5) is 0 Å². The van der Waals surface area contributed by atoms with Crippen LogP contribution in [0.25, 0.3) is 109 Å². The van der Waals surface area contributed by atoms with Crippen LogP contribution in [0.5, 0.6) is 0 Å². The fourth-order valence-electron chi connectivity index (χ4n) is 7.99. The standard InChI is InChI=1S/C51H31N3S/c1-2-13-32(14-3-1)35-19-12-20-38(27-35)49-52-50(39-26-25-33-15-4-5-16-34(33)28-39)54-51(53-49)45-31-40(29-36-17-6-8-21-41(36)45)44-30-37-18-7-9-22-42(37)48-47(44)43-23-10-11-24-46(43)55-48/h1-31H. The first-order valence-electron chi connectivity index (χ1n) is 18.5. The van der Waals surface area contributed by atoms with Gasteiger partial charge in [-0.3, -0.25) is 0 Å². The number of aromatic nitrogens is 3. The number of hydrogen-bond acceptors (Lipinski definition) is 4. The summed E-state index contributed by atoms with van der Waals surface area (Å²) in [7, 11) is 0. The molecular weight excluding hydrogens is 687 g/mol. The predicted octanol–water partition coefficient (Wildman–Crippen LogP) is 14.0. The van der Waals surface area contributed by atoms with Crippen molar-refractivity contribution in [3.63, 3.8) is 0 Å². The third kappa shape index (κ3) is 5.46. The topological polar surface area (TPSA) is 38.7 Å². The van der Waals surface area contributed by atoms with E-state index >= 15 is 0 Å². The molecule has 2 heterocycles. The number of thiophene rings is 1. The first kappa shape index (κ1) is 31.5. The Morgan fingerprint density at radius 2 is 0.891 bits per heavy atom. The maximum absolute atomic E-state index is 5.31. The molecule has 0 N–H and O–H groups in total. The summed E-state index contributed by atoms with van der Waals surface area (Å²) in [6.07, 6.45) is 0. The molecule has 4 heteroatoms. The maximum atomic E-state index is 5.31. The highest BCUT2D eigenvalue weighted by atomic mass is 32.1. The second kappa shape index (κ2) is 12.8. The van der Waals surface area contributed by atoms with Crippen LogP contribution >= 0.6 is 11.3 Å². The van der Waals surface area contributed by atoms with Gasteiger partial charge in [-0.2, -0.15) is 0 Å². The van der Waals surface area contributed by atoms with E-state index in [0.29, 0.717) is 17.5 Å². The van der Waals surface area contributed by atoms with E-state index in [1.165, 1.54) is 41.9 Å². The molecule has 0 radical (unpaired) electrons. The van der Waals surface area contributed by atoms with E-state index < -0.39 is 0 Å². The minimum atomic E-state index is 0.636. The quantitative estimate of drug-likeness (QED) is 0.178. The number of nitrogens with zero attached hydrogens (tertiary/aromatic N) is 3. The minimum Gasteiger partial charge on any atom is -0.208 e. The third-order valence-electron chi connectivity index (χ3n) is 10.7. The molecular formula is C51H31N3S. The highest BCUT2D eigenvalue weighted by Crippen LogP contribution is 2.45. The van der Waals surface area contributed by atoms with Crippen molar-refractivity contribution < 1.29 is 0 Å². The molecule has 9 aromatic carbocycles. The molecule has 0 bridgehead atoms. The molecule has 0 fully saturated rings. The highest BCUT2D eigenvalue weighted by molar-refractivity contribution is 7.26. The third-order valence-corrected chi connectivity index (χ3v) is 11.9. The van der Waals surface area contributed by atoms with Crippen molar-refractivity contribution in [3.05, 3.63) is 188 Å². The second-order valence-electron chi connectivity index (χ2n) is 14.0. The summed E-state index contributed by atoms with van der Waals surface area (Å²) in [5, 5.41) is 9.62. The Hall–Kier alpha value is -7.01. The summed E-state index contributed by atoms with van der Waals surface area (Å²) in [6, 6.07) is 66.9. The van der Waals surface area contributed by atoms with Crippen molar-refractivity contribution in [3.8, 4) is 56.4 Å². The fourth-order valence-corrected chi connectivity index (χ4v) is 9.25. The normalized spacial score (nSPS) is 11.6. The van der Waals surface area contributed by atoms with E-state index in [-0.39, 0.29) is 0 Å². The molecule has 2 aromatic heterocycles. The van der Waals surface area contributed by atoms with Gasteiger partial charge in [-0.15, -0.1) is 11.3 Å². The molecule has 0 saturated carbocycles. The Labute approximate surface area is 321 Å². The Kier molecular flexibility index (Phi) is 7.35. The monoisotopic (exact) mass is 717 g/mol. The van der Waals surface area contributed by atoms with Crippen LogP contribution in [0, 0.1) is 0 Å². The average molecular weight is 718 g/mol. The van der Waals surface area contributed by atoms with Gasteiger partial charge in [-0.25, -0.2) is 15.0 Å². The highest BCUT2D eigenvalue weighted by Gasteiger charge is 2.19. The van der Waals surface area contributed by atoms with E-state index in [4.69, 9.17) is 15.0 Å². The number of hydrogen-bond donors (Lipinski definition) is 0. The lowest BCUT2D eigenvalue weighted by Gasteiger charge is -2.14. The number of rotatable bonds is 5. The molecule has 0 aliphatic carbocycles. The van der Waals surface area contributed by atoms with Crippen molar-refractivity contribution in [1.29, 1.82) is 0 Å². The summed E-state index contributed by atoms with van der Waals surface area (Å²) in [6.45, 7) is 0. The summed E-state index contributed by atoms with van der Waals surface area (Å²) in [5.41, 5.74) is 7.46. The van der Waals surface area contributed by atoms with Crippen LogP contribution in [0.3, 0.4) is 0 Å². The average Bonchev–Trinajstić information content (AvgIpc) is 3.66. The summed E-state index contributed by atoms with van der Waals surface area (Å²) >= 11 is 1.87. The molecule has 256 valence electrons. The molecule has 55 heavy (non-hydrogen) atoms. The van der Waals surface area contributed by atoms with Crippen LogP contribution in [-0.4, -0.2) is 15.0 Å². The van der Waals surface area contributed by atoms with Gasteiger partial charge in [-0.05, 0) is 91.0 Å². The zero-order chi connectivity index (χ0) is 36.3. The molecule has 0 spiro atoms. The lowest BCUT2D eigenvalue weighted by Crippen LogP contribution is -2.01. The van der Waals surface area contributed by atoms with E-state index in [9.17, 15) is 0 Å². The van der Waals surface area contributed by atoms with E-state index in [1.54, 1.807) is 0 Å². The van der Waals surface area contributed by atoms with Gasteiger partial charge >= 0.3 is 0 Å². The van der Waals surface area contributed by atoms with Gasteiger partial charge in [-0.1, -0.05) is 152 Å². The van der Waals surface area contributed by atoms with Crippen LogP contribution in [0.2, 0.25) is 0 Å². The summed E-state index contributed by atoms with van der Waals surface area (Å²) < 4.78 is 2.60. The Balaban J connectivity index is 1.18. The molecule has 0 saturated heterocycles. The SMILES string of the molecule is c1ccc(-c2cccc(-c3nc(-c4ccc5ccccc5c4)nc(-c4cc(-c5cc6ccccc6c6sc7ccccc7c56)cc5ccccc45)n3)c2)cc1. The smallest absolute Gasteiger partial charge is 0.164 e. The molecule has 0 aliphatic rings. The van der Waals surface area contributed by atoms with Crippen molar-refractivity contribution in [2.75, 3.05) is 0 Å². The molecule has 0 unspecified atom stereocenters. The zero-order valence-electron chi connectivity index (χ0n) is 29.6. The van der Waals surface area contributed by atoms with Gasteiger partial charge in [0.1, 0.15) is 0 Å². The second-order valence-corrected chi connectivity index (χ2v) is 15.1. The fraction of sp³-hybridized carbons (Fsp3) is 0. The van der Waals surface area contributed by atoms with Crippen molar-refractivity contribution in [1.82, 2.24) is 15.0 Å². The molecule has 3 nitrogen and oxygen atoms in total. The molecule has 0 aliphatic heterocycles. The largest absolute Gasteiger partial charge is 0.208 e. The van der Waals surface area contributed by atoms with Crippen LogP contribution in [0.15, 0.2) is 188 Å². The van der Waals surface area contributed by atoms with Crippen LogP contribution in [-0.2, 0) is 0 Å². The lowest BCUT2D eigenvalue weighted by molar-refractivity contribution is 1.08. The van der Waals surface area contributed by atoms with E-state index in [2.05, 4.69) is 182 Å². The number of benzene rings is 9. The molecule has 0 atom stereocenters.